The van der Waals surface area contributed by atoms with Crippen LogP contribution in [-0.4, -0.2) is 30.8 Å². The summed E-state index contributed by atoms with van der Waals surface area (Å²) >= 11 is 0. The van der Waals surface area contributed by atoms with Gasteiger partial charge in [-0.3, -0.25) is 10.1 Å². The molecule has 0 unspecified atom stereocenters. The fourth-order valence-electron chi connectivity index (χ4n) is 3.92. The zero-order valence-electron chi connectivity index (χ0n) is 18.0. The van der Waals surface area contributed by atoms with Gasteiger partial charge in [0.25, 0.3) is 5.69 Å². The van der Waals surface area contributed by atoms with Crippen molar-refractivity contribution >= 4 is 11.8 Å². The number of fused-ring (bicyclic) bond motifs is 3. The molecule has 1 amide bonds. The molecule has 0 aromatic heterocycles. The molecule has 0 saturated carbocycles. The maximum atomic E-state index is 12.2. The van der Waals surface area contributed by atoms with Gasteiger partial charge >= 0.3 is 6.09 Å². The van der Waals surface area contributed by atoms with E-state index in [0.717, 1.165) is 22.3 Å². The molecule has 0 radical (unpaired) electrons. The van der Waals surface area contributed by atoms with Crippen LogP contribution in [-0.2, 0) is 4.74 Å². The van der Waals surface area contributed by atoms with Gasteiger partial charge in [-0.15, -0.1) is 0 Å². The number of amides is 1. The van der Waals surface area contributed by atoms with Gasteiger partial charge in [0.15, 0.2) is 0 Å². The Morgan fingerprint density at radius 3 is 2.36 bits per heavy atom. The molecule has 0 fully saturated rings. The van der Waals surface area contributed by atoms with Crippen molar-refractivity contribution in [3.8, 4) is 28.7 Å². The molecule has 3 aromatic rings. The summed E-state index contributed by atoms with van der Waals surface area (Å²) in [6.07, 6.45) is -0.574. The van der Waals surface area contributed by atoms with Crippen LogP contribution < -0.4 is 10.1 Å². The van der Waals surface area contributed by atoms with Gasteiger partial charge in [0, 0.05) is 18.1 Å². The van der Waals surface area contributed by atoms with E-state index >= 15 is 0 Å². The average Bonchev–Trinajstić information content (AvgIpc) is 3.15. The van der Waals surface area contributed by atoms with Crippen LogP contribution in [0.5, 0.6) is 5.75 Å². The first-order chi connectivity index (χ1) is 16.1. The van der Waals surface area contributed by atoms with Gasteiger partial charge in [0.05, 0.1) is 23.6 Å². The number of nitro groups is 1. The lowest BCUT2D eigenvalue weighted by molar-refractivity contribution is -0.384. The second-order valence-electron chi connectivity index (χ2n) is 7.35. The fourth-order valence-corrected chi connectivity index (χ4v) is 3.92. The highest BCUT2D eigenvalue weighted by Crippen LogP contribution is 2.44. The van der Waals surface area contributed by atoms with Gasteiger partial charge in [-0.1, -0.05) is 60.4 Å². The van der Waals surface area contributed by atoms with Crippen molar-refractivity contribution in [2.24, 2.45) is 0 Å². The summed E-state index contributed by atoms with van der Waals surface area (Å²) in [5.74, 6) is 6.05. The summed E-state index contributed by atoms with van der Waals surface area (Å²) in [7, 11) is 0. The second-order valence-corrected chi connectivity index (χ2v) is 7.35. The first-order valence-electron chi connectivity index (χ1n) is 10.6. The Morgan fingerprint density at radius 1 is 1.06 bits per heavy atom. The lowest BCUT2D eigenvalue weighted by Gasteiger charge is -2.14. The highest BCUT2D eigenvalue weighted by atomic mass is 16.6. The van der Waals surface area contributed by atoms with E-state index in [0.29, 0.717) is 17.9 Å². The second kappa shape index (κ2) is 9.88. The molecule has 7 nitrogen and oxygen atoms in total. The Labute approximate surface area is 191 Å². The SMILES string of the molecule is CCOc1ccc([N+](=O)[O-])cc1C#CCNC(=O)OCC1c2ccccc2-c2ccccc21. The highest BCUT2D eigenvalue weighted by molar-refractivity contribution is 5.79. The molecule has 0 spiro atoms. The number of nitrogens with zero attached hydrogens (tertiary/aromatic N) is 1. The van der Waals surface area contributed by atoms with E-state index in [2.05, 4.69) is 41.4 Å². The lowest BCUT2D eigenvalue weighted by Crippen LogP contribution is -2.26. The monoisotopic (exact) mass is 442 g/mol. The zero-order chi connectivity index (χ0) is 23.2. The smallest absolute Gasteiger partial charge is 0.407 e. The van der Waals surface area contributed by atoms with Gasteiger partial charge in [-0.2, -0.15) is 0 Å². The number of nitro benzene ring substituents is 1. The Kier molecular flexibility index (Phi) is 6.56. The summed E-state index contributed by atoms with van der Waals surface area (Å²) in [4.78, 5) is 22.8. The highest BCUT2D eigenvalue weighted by Gasteiger charge is 2.28. The van der Waals surface area contributed by atoms with E-state index in [-0.39, 0.29) is 24.8 Å². The van der Waals surface area contributed by atoms with E-state index in [9.17, 15) is 14.9 Å². The Balaban J connectivity index is 1.37. The number of nitrogens with one attached hydrogen (secondary N) is 1. The molecule has 3 aromatic carbocycles. The van der Waals surface area contributed by atoms with Crippen molar-refractivity contribution < 1.29 is 19.2 Å². The summed E-state index contributed by atoms with van der Waals surface area (Å²) in [6.45, 7) is 2.47. The molecule has 0 bridgehead atoms. The molecule has 0 saturated heterocycles. The van der Waals surface area contributed by atoms with Crippen LogP contribution in [0.25, 0.3) is 11.1 Å². The Morgan fingerprint density at radius 2 is 1.73 bits per heavy atom. The quantitative estimate of drug-likeness (QED) is 0.334. The molecule has 0 aliphatic heterocycles. The van der Waals surface area contributed by atoms with Crippen LogP contribution >= 0.6 is 0 Å². The molecule has 166 valence electrons. The van der Waals surface area contributed by atoms with Crippen LogP contribution in [0.4, 0.5) is 10.5 Å². The first kappa shape index (κ1) is 21.9. The summed E-state index contributed by atoms with van der Waals surface area (Å²) in [6, 6.07) is 20.5. The topological polar surface area (TPSA) is 90.7 Å². The first-order valence-corrected chi connectivity index (χ1v) is 10.6. The number of carbonyl (C=O) groups is 1. The van der Waals surface area contributed by atoms with Crippen LogP contribution in [0.3, 0.4) is 0 Å². The van der Waals surface area contributed by atoms with Crippen molar-refractivity contribution in [1.29, 1.82) is 0 Å². The van der Waals surface area contributed by atoms with Crippen LogP contribution in [0.15, 0.2) is 66.7 Å². The lowest BCUT2D eigenvalue weighted by atomic mass is 9.98. The fraction of sp³-hybridized carbons (Fsp3) is 0.192. The number of carbonyl (C=O) groups excluding carboxylic acids is 1. The molecule has 0 atom stereocenters. The van der Waals surface area contributed by atoms with Crippen molar-refractivity contribution in [1.82, 2.24) is 5.32 Å². The third kappa shape index (κ3) is 4.80. The van der Waals surface area contributed by atoms with Gasteiger partial charge in [0.2, 0.25) is 0 Å². The standard InChI is InChI=1S/C26H22N2O5/c1-2-32-25-14-13-19(28(30)31)16-18(25)8-7-15-27-26(29)33-17-24-22-11-5-3-9-20(22)21-10-4-6-12-23(21)24/h3-6,9-14,16,24H,2,15,17H2,1H3,(H,27,29). The number of hydrogen-bond donors (Lipinski definition) is 1. The van der Waals surface area contributed by atoms with Gasteiger partial charge in [-0.05, 0) is 35.2 Å². The van der Waals surface area contributed by atoms with Gasteiger partial charge in [0.1, 0.15) is 12.4 Å². The Bertz CT molecular complexity index is 1210. The Hall–Kier alpha value is -4.31. The summed E-state index contributed by atoms with van der Waals surface area (Å²) in [5, 5.41) is 13.6. The number of hydrogen-bond acceptors (Lipinski definition) is 5. The van der Waals surface area contributed by atoms with Crippen LogP contribution in [0, 0.1) is 22.0 Å². The van der Waals surface area contributed by atoms with Crippen molar-refractivity contribution in [2.75, 3.05) is 19.8 Å². The summed E-state index contributed by atoms with van der Waals surface area (Å²) < 4.78 is 10.9. The maximum absolute atomic E-state index is 12.2. The van der Waals surface area contributed by atoms with Crippen LogP contribution in [0.2, 0.25) is 0 Å². The van der Waals surface area contributed by atoms with Crippen molar-refractivity contribution in [3.05, 3.63) is 93.5 Å². The molecule has 0 heterocycles. The largest absolute Gasteiger partial charge is 0.493 e. The van der Waals surface area contributed by atoms with Gasteiger partial charge in [-0.25, -0.2) is 4.79 Å². The zero-order valence-corrected chi connectivity index (χ0v) is 18.0. The molecular formula is C26H22N2O5. The normalized spacial score (nSPS) is 11.5. The predicted molar refractivity (Wildman–Crippen MR) is 124 cm³/mol. The van der Waals surface area contributed by atoms with Crippen molar-refractivity contribution in [2.45, 2.75) is 12.8 Å². The van der Waals surface area contributed by atoms with Gasteiger partial charge < -0.3 is 14.8 Å². The molecule has 1 aliphatic carbocycles. The van der Waals surface area contributed by atoms with E-state index in [1.165, 1.54) is 18.2 Å². The molecule has 4 rings (SSSR count). The number of ether oxygens (including phenoxy) is 2. The number of alkyl carbamates (subject to hydrolysis) is 1. The number of non-ortho nitro benzene ring substituents is 1. The third-order valence-corrected chi connectivity index (χ3v) is 5.36. The van der Waals surface area contributed by atoms with E-state index in [4.69, 9.17) is 9.47 Å². The molecule has 1 aliphatic rings. The van der Waals surface area contributed by atoms with E-state index in [1.54, 1.807) is 0 Å². The van der Waals surface area contributed by atoms with Crippen molar-refractivity contribution in [3.63, 3.8) is 0 Å². The third-order valence-electron chi connectivity index (χ3n) is 5.36. The molecule has 1 N–H and O–H groups in total. The minimum Gasteiger partial charge on any atom is -0.493 e. The van der Waals surface area contributed by atoms with E-state index < -0.39 is 11.0 Å². The molecule has 33 heavy (non-hydrogen) atoms. The number of rotatable bonds is 6. The molecule has 7 heteroatoms. The van der Waals surface area contributed by atoms with E-state index in [1.807, 2.05) is 31.2 Å². The number of benzene rings is 3. The predicted octanol–water partition coefficient (Wildman–Crippen LogP) is 4.88. The van der Waals surface area contributed by atoms with Crippen LogP contribution in [0.1, 0.15) is 29.5 Å². The molecular weight excluding hydrogens is 420 g/mol. The average molecular weight is 442 g/mol. The summed E-state index contributed by atoms with van der Waals surface area (Å²) in [5.41, 5.74) is 4.92. The minimum absolute atomic E-state index is 0.0205. The maximum Gasteiger partial charge on any atom is 0.407 e. The minimum atomic E-state index is -0.574.